The molecule has 4 heteroatoms. The van der Waals surface area contributed by atoms with Crippen LogP contribution in [-0.2, 0) is 23.1 Å². The summed E-state index contributed by atoms with van der Waals surface area (Å²) in [6.07, 6.45) is 5.57. The number of carbonyl (C=O) groups excluding carboxylic acids is 2. The fourth-order valence-corrected chi connectivity index (χ4v) is 4.13. The predicted molar refractivity (Wildman–Crippen MR) is 112 cm³/mol. The standard InChI is InChI=1S/C24H26N2O2/c1-16(18-11-9-17(10-12-18)15-19-5-3-8-23(19)27)24(28)25-21-6-4-7-22-20(21)13-14-26(22)2/h4,6-7,9-14,16,19H,3,5,8,15H2,1-2H3,(H,25,28)/t16-,19+/m0/s1. The summed E-state index contributed by atoms with van der Waals surface area (Å²) < 4.78 is 2.04. The van der Waals surface area contributed by atoms with Crippen molar-refractivity contribution in [3.8, 4) is 0 Å². The van der Waals surface area contributed by atoms with Gasteiger partial charge in [0.2, 0.25) is 5.91 Å². The van der Waals surface area contributed by atoms with Gasteiger partial charge in [0.25, 0.3) is 0 Å². The van der Waals surface area contributed by atoms with Gasteiger partial charge in [-0.05, 0) is 55.5 Å². The van der Waals surface area contributed by atoms with E-state index in [1.807, 2.05) is 61.1 Å². The number of hydrogen-bond acceptors (Lipinski definition) is 2. The Morgan fingerprint density at radius 2 is 1.96 bits per heavy atom. The monoisotopic (exact) mass is 374 g/mol. The summed E-state index contributed by atoms with van der Waals surface area (Å²) in [4.78, 5) is 24.7. The second-order valence-electron chi connectivity index (χ2n) is 7.88. The number of aryl methyl sites for hydroxylation is 1. The Bertz CT molecular complexity index is 1020. The number of rotatable bonds is 5. The predicted octanol–water partition coefficient (Wildman–Crippen LogP) is 4.83. The quantitative estimate of drug-likeness (QED) is 0.695. The van der Waals surface area contributed by atoms with Crippen LogP contribution in [0.2, 0.25) is 0 Å². The molecule has 4 rings (SSSR count). The van der Waals surface area contributed by atoms with Crippen LogP contribution in [0.3, 0.4) is 0 Å². The number of anilines is 1. The van der Waals surface area contributed by atoms with Crippen molar-refractivity contribution in [1.82, 2.24) is 4.57 Å². The Balaban J connectivity index is 1.45. The Kier molecular flexibility index (Phi) is 5.03. The van der Waals surface area contributed by atoms with Crippen LogP contribution in [-0.4, -0.2) is 16.3 Å². The third-order valence-electron chi connectivity index (χ3n) is 5.97. The zero-order valence-corrected chi connectivity index (χ0v) is 16.4. The molecule has 0 radical (unpaired) electrons. The van der Waals surface area contributed by atoms with Crippen LogP contribution < -0.4 is 5.32 Å². The summed E-state index contributed by atoms with van der Waals surface area (Å²) in [5.41, 5.74) is 4.09. The van der Waals surface area contributed by atoms with E-state index in [0.717, 1.165) is 47.8 Å². The molecule has 0 bridgehead atoms. The molecule has 28 heavy (non-hydrogen) atoms. The van der Waals surface area contributed by atoms with Gasteiger partial charge in [-0.2, -0.15) is 0 Å². The highest BCUT2D eigenvalue weighted by molar-refractivity contribution is 6.03. The van der Waals surface area contributed by atoms with E-state index in [4.69, 9.17) is 0 Å². The van der Waals surface area contributed by atoms with E-state index in [-0.39, 0.29) is 17.7 Å². The molecule has 1 amide bonds. The first-order valence-corrected chi connectivity index (χ1v) is 9.99. The molecular formula is C24H26N2O2. The lowest BCUT2D eigenvalue weighted by Gasteiger charge is -2.15. The molecule has 4 nitrogen and oxygen atoms in total. The number of benzene rings is 2. The Morgan fingerprint density at radius 3 is 2.68 bits per heavy atom. The molecule has 1 aliphatic carbocycles. The van der Waals surface area contributed by atoms with Gasteiger partial charge in [-0.1, -0.05) is 30.3 Å². The summed E-state index contributed by atoms with van der Waals surface area (Å²) in [6, 6.07) is 16.1. The van der Waals surface area contributed by atoms with Gasteiger partial charge < -0.3 is 9.88 Å². The van der Waals surface area contributed by atoms with Gasteiger partial charge in [-0.3, -0.25) is 9.59 Å². The van der Waals surface area contributed by atoms with Crippen molar-refractivity contribution < 1.29 is 9.59 Å². The summed E-state index contributed by atoms with van der Waals surface area (Å²) >= 11 is 0. The summed E-state index contributed by atoms with van der Waals surface area (Å²) in [6.45, 7) is 1.93. The molecule has 2 aromatic carbocycles. The summed E-state index contributed by atoms with van der Waals surface area (Å²) in [7, 11) is 2.00. The second kappa shape index (κ2) is 7.63. The smallest absolute Gasteiger partial charge is 0.231 e. The zero-order chi connectivity index (χ0) is 19.7. The minimum atomic E-state index is -0.249. The Hall–Kier alpha value is -2.88. The molecule has 1 N–H and O–H groups in total. The minimum absolute atomic E-state index is 0.0185. The molecule has 1 aromatic heterocycles. The van der Waals surface area contributed by atoms with Crippen LogP contribution in [0.4, 0.5) is 5.69 Å². The van der Waals surface area contributed by atoms with Gasteiger partial charge in [0, 0.05) is 36.5 Å². The molecular weight excluding hydrogens is 348 g/mol. The van der Waals surface area contributed by atoms with Crippen LogP contribution in [0, 0.1) is 5.92 Å². The van der Waals surface area contributed by atoms with Crippen LogP contribution >= 0.6 is 0 Å². The molecule has 0 saturated heterocycles. The molecule has 3 aromatic rings. The molecule has 0 aliphatic heterocycles. The van der Waals surface area contributed by atoms with Gasteiger partial charge in [0.1, 0.15) is 5.78 Å². The maximum absolute atomic E-state index is 12.8. The summed E-state index contributed by atoms with van der Waals surface area (Å²) in [5, 5.41) is 4.12. The van der Waals surface area contributed by atoms with Gasteiger partial charge in [-0.25, -0.2) is 0 Å². The van der Waals surface area contributed by atoms with E-state index in [2.05, 4.69) is 17.4 Å². The number of ketones is 1. The maximum Gasteiger partial charge on any atom is 0.231 e. The van der Waals surface area contributed by atoms with Crippen molar-refractivity contribution >= 4 is 28.3 Å². The van der Waals surface area contributed by atoms with Crippen molar-refractivity contribution in [3.63, 3.8) is 0 Å². The van der Waals surface area contributed by atoms with Gasteiger partial charge in [0.15, 0.2) is 0 Å². The topological polar surface area (TPSA) is 51.1 Å². The fraction of sp³-hybridized carbons (Fsp3) is 0.333. The number of nitrogens with one attached hydrogen (secondary N) is 1. The van der Waals surface area contributed by atoms with Crippen LogP contribution in [0.5, 0.6) is 0 Å². The second-order valence-corrected chi connectivity index (χ2v) is 7.88. The number of nitrogens with zero attached hydrogens (tertiary/aromatic N) is 1. The first-order valence-electron chi connectivity index (χ1n) is 9.99. The lowest BCUT2D eigenvalue weighted by Crippen LogP contribution is -2.19. The molecule has 1 fully saturated rings. The van der Waals surface area contributed by atoms with Crippen molar-refractivity contribution in [2.24, 2.45) is 13.0 Å². The molecule has 2 atom stereocenters. The van der Waals surface area contributed by atoms with Crippen molar-refractivity contribution in [3.05, 3.63) is 65.9 Å². The zero-order valence-electron chi connectivity index (χ0n) is 16.4. The normalized spacial score (nSPS) is 17.8. The molecule has 1 aliphatic rings. The van der Waals surface area contributed by atoms with Crippen molar-refractivity contribution in [2.75, 3.05) is 5.32 Å². The van der Waals surface area contributed by atoms with Crippen molar-refractivity contribution in [2.45, 2.75) is 38.5 Å². The van der Waals surface area contributed by atoms with Crippen LogP contribution in [0.1, 0.15) is 43.2 Å². The highest BCUT2D eigenvalue weighted by Crippen LogP contribution is 2.27. The van der Waals surface area contributed by atoms with Crippen LogP contribution in [0.25, 0.3) is 10.9 Å². The largest absolute Gasteiger partial charge is 0.350 e. The summed E-state index contributed by atoms with van der Waals surface area (Å²) in [5.74, 6) is 0.307. The third-order valence-corrected chi connectivity index (χ3v) is 5.97. The molecule has 0 unspecified atom stereocenters. The average molecular weight is 374 g/mol. The molecule has 144 valence electrons. The number of carbonyl (C=O) groups is 2. The van der Waals surface area contributed by atoms with Gasteiger partial charge in [-0.15, -0.1) is 0 Å². The van der Waals surface area contributed by atoms with Crippen LogP contribution in [0.15, 0.2) is 54.7 Å². The molecule has 1 saturated carbocycles. The maximum atomic E-state index is 12.8. The highest BCUT2D eigenvalue weighted by atomic mass is 16.2. The minimum Gasteiger partial charge on any atom is -0.350 e. The van der Waals surface area contributed by atoms with E-state index in [1.165, 1.54) is 5.56 Å². The van der Waals surface area contributed by atoms with E-state index in [0.29, 0.717) is 5.78 Å². The SMILES string of the molecule is C[C@H](C(=O)Nc1cccc2c1ccn2C)c1ccc(C[C@H]2CCCC2=O)cc1. The number of amides is 1. The number of Topliss-reactive ketones (excluding diaryl/α,β-unsaturated/α-hetero) is 1. The Labute approximate surface area is 165 Å². The lowest BCUT2D eigenvalue weighted by atomic mass is 9.94. The average Bonchev–Trinajstić information content (AvgIpc) is 3.28. The molecule has 1 heterocycles. The molecule has 0 spiro atoms. The first-order chi connectivity index (χ1) is 13.5. The highest BCUT2D eigenvalue weighted by Gasteiger charge is 2.24. The van der Waals surface area contributed by atoms with Crippen molar-refractivity contribution in [1.29, 1.82) is 0 Å². The number of fused-ring (bicyclic) bond motifs is 1. The van der Waals surface area contributed by atoms with Gasteiger partial charge >= 0.3 is 0 Å². The van der Waals surface area contributed by atoms with E-state index in [9.17, 15) is 9.59 Å². The Morgan fingerprint density at radius 1 is 1.18 bits per heavy atom. The van der Waals surface area contributed by atoms with Gasteiger partial charge in [0.05, 0.1) is 11.6 Å². The lowest BCUT2D eigenvalue weighted by molar-refractivity contribution is -0.120. The third kappa shape index (κ3) is 3.59. The number of hydrogen-bond donors (Lipinski definition) is 1. The fourth-order valence-electron chi connectivity index (χ4n) is 4.13. The number of aromatic nitrogens is 1. The van der Waals surface area contributed by atoms with E-state index < -0.39 is 0 Å². The van der Waals surface area contributed by atoms with E-state index >= 15 is 0 Å². The van der Waals surface area contributed by atoms with E-state index in [1.54, 1.807) is 0 Å². The first kappa shape index (κ1) is 18.5.